The molecule has 2 N–H and O–H groups in total. The van der Waals surface area contributed by atoms with Gasteiger partial charge in [0.1, 0.15) is 0 Å². The van der Waals surface area contributed by atoms with Crippen LogP contribution in [0.15, 0.2) is 24.3 Å². The first-order valence-electron chi connectivity index (χ1n) is 4.66. The number of likely N-dealkylation sites (N-methyl/N-ethyl adjacent to an activating group) is 1. The third-order valence-corrected chi connectivity index (χ3v) is 2.35. The predicted molar refractivity (Wildman–Crippen MR) is 52.2 cm³/mol. The van der Waals surface area contributed by atoms with Crippen LogP contribution in [0.1, 0.15) is 13.8 Å². The van der Waals surface area contributed by atoms with Crippen molar-refractivity contribution < 1.29 is 10.2 Å². The third kappa shape index (κ3) is 2.18. The predicted octanol–water partition coefficient (Wildman–Crippen LogP) is 0.504. The SMILES string of the molecule is CCN(CC)C1(O)C=CC(O)C=C1. The molecule has 0 unspecified atom stereocenters. The topological polar surface area (TPSA) is 43.7 Å². The molecule has 0 bridgehead atoms. The van der Waals surface area contributed by atoms with Crippen molar-refractivity contribution >= 4 is 0 Å². The lowest BCUT2D eigenvalue weighted by molar-refractivity contribution is -0.0241. The smallest absolute Gasteiger partial charge is 0.157 e. The largest absolute Gasteiger partial charge is 0.385 e. The molecular formula is C10H17NO2. The molecular weight excluding hydrogens is 166 g/mol. The summed E-state index contributed by atoms with van der Waals surface area (Å²) in [6.07, 6.45) is 5.89. The highest BCUT2D eigenvalue weighted by atomic mass is 16.3. The molecule has 0 saturated heterocycles. The first kappa shape index (κ1) is 10.4. The number of hydrogen-bond acceptors (Lipinski definition) is 3. The van der Waals surface area contributed by atoms with Crippen molar-refractivity contribution in [3.63, 3.8) is 0 Å². The van der Waals surface area contributed by atoms with Crippen LogP contribution in [0.2, 0.25) is 0 Å². The summed E-state index contributed by atoms with van der Waals surface area (Å²) in [7, 11) is 0. The van der Waals surface area contributed by atoms with Crippen LogP contribution in [0.25, 0.3) is 0 Å². The minimum atomic E-state index is -1.01. The Balaban J connectivity index is 2.77. The van der Waals surface area contributed by atoms with Gasteiger partial charge in [0.2, 0.25) is 0 Å². The highest BCUT2D eigenvalue weighted by Gasteiger charge is 2.28. The highest BCUT2D eigenvalue weighted by molar-refractivity contribution is 5.22. The second kappa shape index (κ2) is 4.05. The molecule has 1 rings (SSSR count). The van der Waals surface area contributed by atoms with E-state index in [2.05, 4.69) is 0 Å². The zero-order valence-corrected chi connectivity index (χ0v) is 8.14. The lowest BCUT2D eigenvalue weighted by Crippen LogP contribution is -2.46. The van der Waals surface area contributed by atoms with Gasteiger partial charge in [0.15, 0.2) is 5.72 Å². The molecule has 0 aromatic heterocycles. The summed E-state index contributed by atoms with van der Waals surface area (Å²) < 4.78 is 0. The maximum absolute atomic E-state index is 10.1. The van der Waals surface area contributed by atoms with Crippen LogP contribution in [0.3, 0.4) is 0 Å². The second-order valence-corrected chi connectivity index (χ2v) is 3.16. The molecule has 3 heteroatoms. The molecule has 0 aromatic rings. The summed E-state index contributed by atoms with van der Waals surface area (Å²) in [5.41, 5.74) is -1.01. The van der Waals surface area contributed by atoms with Crippen molar-refractivity contribution in [2.75, 3.05) is 13.1 Å². The van der Waals surface area contributed by atoms with Crippen LogP contribution in [-0.2, 0) is 0 Å². The third-order valence-electron chi connectivity index (χ3n) is 2.35. The van der Waals surface area contributed by atoms with E-state index in [1.807, 2.05) is 18.7 Å². The van der Waals surface area contributed by atoms with E-state index in [1.54, 1.807) is 24.3 Å². The molecule has 0 aliphatic heterocycles. The van der Waals surface area contributed by atoms with Crippen molar-refractivity contribution in [2.24, 2.45) is 0 Å². The average Bonchev–Trinajstić information content (AvgIpc) is 2.13. The van der Waals surface area contributed by atoms with Gasteiger partial charge in [-0.3, -0.25) is 4.90 Å². The fourth-order valence-corrected chi connectivity index (χ4v) is 1.54. The van der Waals surface area contributed by atoms with Gasteiger partial charge < -0.3 is 10.2 Å². The molecule has 0 saturated carbocycles. The van der Waals surface area contributed by atoms with Gasteiger partial charge >= 0.3 is 0 Å². The van der Waals surface area contributed by atoms with Gasteiger partial charge in [-0.25, -0.2) is 0 Å². The number of aliphatic hydroxyl groups is 2. The maximum Gasteiger partial charge on any atom is 0.157 e. The lowest BCUT2D eigenvalue weighted by atomic mass is 10.0. The van der Waals surface area contributed by atoms with Crippen molar-refractivity contribution in [3.05, 3.63) is 24.3 Å². The Morgan fingerprint density at radius 2 is 1.69 bits per heavy atom. The van der Waals surface area contributed by atoms with Crippen molar-refractivity contribution in [1.82, 2.24) is 4.90 Å². The molecule has 13 heavy (non-hydrogen) atoms. The number of aliphatic hydroxyl groups excluding tert-OH is 1. The molecule has 0 radical (unpaired) electrons. The van der Waals surface area contributed by atoms with Crippen LogP contribution < -0.4 is 0 Å². The van der Waals surface area contributed by atoms with Gasteiger partial charge in [0.05, 0.1) is 6.10 Å². The Labute approximate surface area is 79.0 Å². The van der Waals surface area contributed by atoms with Gasteiger partial charge in [-0.1, -0.05) is 26.0 Å². The zero-order valence-electron chi connectivity index (χ0n) is 8.14. The van der Waals surface area contributed by atoms with Gasteiger partial charge in [-0.2, -0.15) is 0 Å². The van der Waals surface area contributed by atoms with Crippen molar-refractivity contribution in [2.45, 2.75) is 25.7 Å². The molecule has 1 aliphatic carbocycles. The summed E-state index contributed by atoms with van der Waals surface area (Å²) in [6, 6.07) is 0. The van der Waals surface area contributed by atoms with E-state index in [-0.39, 0.29) is 0 Å². The number of rotatable bonds is 3. The molecule has 1 aliphatic rings. The molecule has 0 fully saturated rings. The maximum atomic E-state index is 10.1. The van der Waals surface area contributed by atoms with Crippen LogP contribution in [0.4, 0.5) is 0 Å². The molecule has 3 nitrogen and oxygen atoms in total. The van der Waals surface area contributed by atoms with Crippen LogP contribution in [0.5, 0.6) is 0 Å². The Morgan fingerprint density at radius 3 is 2.08 bits per heavy atom. The van der Waals surface area contributed by atoms with Gasteiger partial charge in [-0.15, -0.1) is 0 Å². The second-order valence-electron chi connectivity index (χ2n) is 3.16. The summed E-state index contributed by atoms with van der Waals surface area (Å²) in [5.74, 6) is 0. The molecule has 0 aromatic carbocycles. The van der Waals surface area contributed by atoms with Crippen LogP contribution in [0, 0.1) is 0 Å². The Hall–Kier alpha value is -0.640. The molecule has 74 valence electrons. The monoisotopic (exact) mass is 183 g/mol. The highest BCUT2D eigenvalue weighted by Crippen LogP contribution is 2.19. The molecule has 0 amide bonds. The quantitative estimate of drug-likeness (QED) is 0.495. The van der Waals surface area contributed by atoms with Gasteiger partial charge in [0.25, 0.3) is 0 Å². The molecule has 0 atom stereocenters. The van der Waals surface area contributed by atoms with E-state index in [0.717, 1.165) is 13.1 Å². The van der Waals surface area contributed by atoms with E-state index in [4.69, 9.17) is 5.11 Å². The summed E-state index contributed by atoms with van der Waals surface area (Å²) >= 11 is 0. The van der Waals surface area contributed by atoms with E-state index in [9.17, 15) is 5.11 Å². The number of hydrogen-bond donors (Lipinski definition) is 2. The van der Waals surface area contributed by atoms with E-state index in [0.29, 0.717) is 0 Å². The van der Waals surface area contributed by atoms with Crippen LogP contribution in [-0.4, -0.2) is 40.0 Å². The van der Waals surface area contributed by atoms with Crippen LogP contribution >= 0.6 is 0 Å². The molecule has 0 spiro atoms. The first-order valence-corrected chi connectivity index (χ1v) is 4.66. The fraction of sp³-hybridized carbons (Fsp3) is 0.600. The standard InChI is InChI=1S/C10H17NO2/c1-3-11(4-2)10(13)7-5-9(12)6-8-10/h5-9,12-13H,3-4H2,1-2H3. The number of nitrogens with zero attached hydrogens (tertiary/aromatic N) is 1. The zero-order chi connectivity index (χ0) is 9.90. The summed E-state index contributed by atoms with van der Waals surface area (Å²) in [6.45, 7) is 5.54. The average molecular weight is 183 g/mol. The minimum absolute atomic E-state index is 0.559. The minimum Gasteiger partial charge on any atom is -0.385 e. The van der Waals surface area contributed by atoms with Gasteiger partial charge in [-0.05, 0) is 25.2 Å². The van der Waals surface area contributed by atoms with Crippen molar-refractivity contribution in [1.29, 1.82) is 0 Å². The fourth-order valence-electron chi connectivity index (χ4n) is 1.54. The van der Waals surface area contributed by atoms with Crippen molar-refractivity contribution in [3.8, 4) is 0 Å². The molecule has 0 heterocycles. The van der Waals surface area contributed by atoms with E-state index < -0.39 is 11.8 Å². The summed E-state index contributed by atoms with van der Waals surface area (Å²) in [4.78, 5) is 1.91. The first-order chi connectivity index (χ1) is 6.12. The Morgan fingerprint density at radius 1 is 1.23 bits per heavy atom. The van der Waals surface area contributed by atoms with E-state index in [1.165, 1.54) is 0 Å². The normalized spacial score (nSPS) is 32.8. The van der Waals surface area contributed by atoms with Gasteiger partial charge in [0, 0.05) is 0 Å². The Bertz CT molecular complexity index is 205. The summed E-state index contributed by atoms with van der Waals surface area (Å²) in [5, 5.41) is 19.3. The lowest BCUT2D eigenvalue weighted by Gasteiger charge is -2.35. The van der Waals surface area contributed by atoms with E-state index >= 15 is 0 Å². The Kier molecular flexibility index (Phi) is 3.25.